The number of hydrogen-bond acceptors (Lipinski definition) is 3. The number of hydrogen-bond donors (Lipinski definition) is 2. The predicted molar refractivity (Wildman–Crippen MR) is 68.8 cm³/mol. The van der Waals surface area contributed by atoms with Crippen LogP contribution in [0.1, 0.15) is 20.3 Å². The number of nitrogens with one attached hydrogen (secondary N) is 1. The van der Waals surface area contributed by atoms with Gasteiger partial charge in [0.25, 0.3) is 0 Å². The van der Waals surface area contributed by atoms with Gasteiger partial charge in [-0.1, -0.05) is 11.6 Å². The number of carboxylic acid groups (broad SMARTS) is 1. The molecule has 0 bridgehead atoms. The number of aliphatic carboxylic acids is 1. The Bertz CT molecular complexity index is 421. The first-order valence-corrected chi connectivity index (χ1v) is 6.45. The van der Waals surface area contributed by atoms with Gasteiger partial charge in [-0.25, -0.2) is 4.79 Å². The summed E-state index contributed by atoms with van der Waals surface area (Å²) in [4.78, 5) is 25.1. The molecule has 106 valence electrons. The maximum atomic E-state index is 12.1. The van der Waals surface area contributed by atoms with E-state index in [4.69, 9.17) is 4.74 Å². The molecule has 0 aromatic rings. The quantitative estimate of drug-likeness (QED) is 0.727. The molecule has 0 saturated carbocycles. The van der Waals surface area contributed by atoms with E-state index in [2.05, 4.69) is 11.4 Å². The van der Waals surface area contributed by atoms with Gasteiger partial charge in [0.1, 0.15) is 5.41 Å². The molecule has 2 aliphatic rings. The number of carbonyl (C=O) groups excluding carboxylic acids is 1. The standard InChI is InChI=1S/C13H20N2O4/c1-9-4-3-5-15(6-9)12(18)14-10-7-19-8-13(10,2)11(16)17/h4,10H,3,5-8H2,1-2H3,(H,14,18)(H,16,17). The predicted octanol–water partition coefficient (Wildman–Crippen LogP) is 0.838. The van der Waals surface area contributed by atoms with Crippen molar-refractivity contribution in [2.45, 2.75) is 26.3 Å². The number of rotatable bonds is 2. The van der Waals surface area contributed by atoms with Crippen molar-refractivity contribution < 1.29 is 19.4 Å². The van der Waals surface area contributed by atoms with Crippen LogP contribution in [-0.2, 0) is 9.53 Å². The summed E-state index contributed by atoms with van der Waals surface area (Å²) in [6, 6.07) is -0.695. The van der Waals surface area contributed by atoms with Crippen LogP contribution in [0, 0.1) is 5.41 Å². The maximum absolute atomic E-state index is 12.1. The van der Waals surface area contributed by atoms with Crippen molar-refractivity contribution in [3.63, 3.8) is 0 Å². The van der Waals surface area contributed by atoms with Crippen LogP contribution in [0.3, 0.4) is 0 Å². The molecule has 2 atom stereocenters. The minimum absolute atomic E-state index is 0.131. The van der Waals surface area contributed by atoms with Gasteiger partial charge >= 0.3 is 12.0 Å². The van der Waals surface area contributed by atoms with Crippen molar-refractivity contribution in [3.05, 3.63) is 11.6 Å². The SMILES string of the molecule is CC1=CCCN(C(=O)NC2COCC2(C)C(=O)O)C1. The summed E-state index contributed by atoms with van der Waals surface area (Å²) >= 11 is 0. The molecule has 1 fully saturated rings. The van der Waals surface area contributed by atoms with E-state index in [0.29, 0.717) is 13.1 Å². The van der Waals surface area contributed by atoms with Crippen LogP contribution in [0.5, 0.6) is 0 Å². The molecule has 0 spiro atoms. The average Bonchev–Trinajstić information content (AvgIpc) is 2.72. The van der Waals surface area contributed by atoms with Gasteiger partial charge in [0.2, 0.25) is 0 Å². The van der Waals surface area contributed by atoms with E-state index in [-0.39, 0.29) is 19.2 Å². The highest BCUT2D eigenvalue weighted by atomic mass is 16.5. The van der Waals surface area contributed by atoms with Gasteiger partial charge in [-0.15, -0.1) is 0 Å². The maximum Gasteiger partial charge on any atom is 0.318 e. The number of nitrogens with zero attached hydrogens (tertiary/aromatic N) is 1. The van der Waals surface area contributed by atoms with Gasteiger partial charge in [0.05, 0.1) is 19.3 Å². The molecule has 2 amide bonds. The lowest BCUT2D eigenvalue weighted by Crippen LogP contribution is -2.54. The second kappa shape index (κ2) is 5.21. The van der Waals surface area contributed by atoms with Crippen molar-refractivity contribution in [1.29, 1.82) is 0 Å². The second-order valence-electron chi connectivity index (χ2n) is 5.50. The Labute approximate surface area is 112 Å². The number of carboxylic acids is 1. The van der Waals surface area contributed by atoms with Crippen LogP contribution in [0.15, 0.2) is 11.6 Å². The Kier molecular flexibility index (Phi) is 3.80. The Balaban J connectivity index is 1.99. The topological polar surface area (TPSA) is 78.9 Å². The normalized spacial score (nSPS) is 30.9. The minimum atomic E-state index is -1.05. The van der Waals surface area contributed by atoms with E-state index in [1.807, 2.05) is 6.92 Å². The fourth-order valence-electron chi connectivity index (χ4n) is 2.41. The van der Waals surface area contributed by atoms with Crippen LogP contribution >= 0.6 is 0 Å². The monoisotopic (exact) mass is 268 g/mol. The van der Waals surface area contributed by atoms with Crippen molar-refractivity contribution in [2.24, 2.45) is 5.41 Å². The zero-order valence-corrected chi connectivity index (χ0v) is 11.3. The fraction of sp³-hybridized carbons (Fsp3) is 0.692. The first-order valence-electron chi connectivity index (χ1n) is 6.45. The summed E-state index contributed by atoms with van der Waals surface area (Å²) in [6.45, 7) is 5.24. The summed E-state index contributed by atoms with van der Waals surface area (Å²) in [5.41, 5.74) is 0.112. The smallest absolute Gasteiger partial charge is 0.318 e. The van der Waals surface area contributed by atoms with Crippen LogP contribution < -0.4 is 5.32 Å². The third kappa shape index (κ3) is 2.73. The molecular weight excluding hydrogens is 248 g/mol. The molecule has 1 saturated heterocycles. The molecule has 0 aromatic carbocycles. The number of urea groups is 1. The van der Waals surface area contributed by atoms with Gasteiger partial charge in [-0.2, -0.15) is 0 Å². The molecule has 6 heteroatoms. The van der Waals surface area contributed by atoms with Crippen molar-refractivity contribution >= 4 is 12.0 Å². The molecule has 2 aliphatic heterocycles. The van der Waals surface area contributed by atoms with Gasteiger partial charge < -0.3 is 20.1 Å². The summed E-state index contributed by atoms with van der Waals surface area (Å²) < 4.78 is 5.22. The van der Waals surface area contributed by atoms with E-state index in [1.165, 1.54) is 0 Å². The molecule has 6 nitrogen and oxygen atoms in total. The summed E-state index contributed by atoms with van der Waals surface area (Å²) in [6.07, 6.45) is 2.96. The molecule has 0 radical (unpaired) electrons. The van der Waals surface area contributed by atoms with Gasteiger partial charge in [0, 0.05) is 13.1 Å². The first-order chi connectivity index (χ1) is 8.93. The molecule has 2 heterocycles. The highest BCUT2D eigenvalue weighted by Crippen LogP contribution is 2.29. The van der Waals surface area contributed by atoms with E-state index >= 15 is 0 Å². The minimum Gasteiger partial charge on any atom is -0.481 e. The van der Waals surface area contributed by atoms with Crippen molar-refractivity contribution in [3.8, 4) is 0 Å². The highest BCUT2D eigenvalue weighted by molar-refractivity contribution is 5.79. The highest BCUT2D eigenvalue weighted by Gasteiger charge is 2.47. The van der Waals surface area contributed by atoms with Gasteiger partial charge in [-0.05, 0) is 20.3 Å². The number of amides is 2. The summed E-state index contributed by atoms with van der Waals surface area (Å²) in [7, 11) is 0. The third-order valence-electron chi connectivity index (χ3n) is 3.86. The summed E-state index contributed by atoms with van der Waals surface area (Å²) in [5, 5.41) is 12.0. The van der Waals surface area contributed by atoms with E-state index in [0.717, 1.165) is 12.0 Å². The lowest BCUT2D eigenvalue weighted by atomic mass is 9.85. The molecule has 19 heavy (non-hydrogen) atoms. The zero-order chi connectivity index (χ0) is 14.0. The van der Waals surface area contributed by atoms with E-state index < -0.39 is 17.4 Å². The van der Waals surface area contributed by atoms with Crippen molar-refractivity contribution in [1.82, 2.24) is 10.2 Å². The lowest BCUT2D eigenvalue weighted by molar-refractivity contribution is -0.148. The Morgan fingerprint density at radius 2 is 2.32 bits per heavy atom. The Morgan fingerprint density at radius 1 is 1.58 bits per heavy atom. The third-order valence-corrected chi connectivity index (χ3v) is 3.86. The molecule has 0 aromatic heterocycles. The van der Waals surface area contributed by atoms with Crippen LogP contribution in [0.25, 0.3) is 0 Å². The van der Waals surface area contributed by atoms with Gasteiger partial charge in [0.15, 0.2) is 0 Å². The molecule has 2 rings (SSSR count). The summed E-state index contributed by atoms with van der Waals surface area (Å²) in [5.74, 6) is -0.940. The van der Waals surface area contributed by atoms with Crippen LogP contribution in [0.4, 0.5) is 4.79 Å². The van der Waals surface area contributed by atoms with Gasteiger partial charge in [-0.3, -0.25) is 4.79 Å². The molecule has 2 unspecified atom stereocenters. The fourth-order valence-corrected chi connectivity index (χ4v) is 2.41. The molecule has 2 N–H and O–H groups in total. The van der Waals surface area contributed by atoms with E-state index in [1.54, 1.807) is 11.8 Å². The number of carbonyl (C=O) groups is 2. The van der Waals surface area contributed by atoms with Crippen LogP contribution in [-0.4, -0.2) is 54.4 Å². The Morgan fingerprint density at radius 3 is 2.95 bits per heavy atom. The lowest BCUT2D eigenvalue weighted by Gasteiger charge is -2.31. The van der Waals surface area contributed by atoms with Crippen LogP contribution in [0.2, 0.25) is 0 Å². The Hall–Kier alpha value is -1.56. The zero-order valence-electron chi connectivity index (χ0n) is 11.3. The van der Waals surface area contributed by atoms with E-state index in [9.17, 15) is 14.7 Å². The second-order valence-corrected chi connectivity index (χ2v) is 5.50. The van der Waals surface area contributed by atoms with Crippen molar-refractivity contribution in [2.75, 3.05) is 26.3 Å². The average molecular weight is 268 g/mol. The first kappa shape index (κ1) is 13.9. The number of ether oxygens (including phenoxy) is 1. The molecule has 0 aliphatic carbocycles. The molecular formula is C13H20N2O4. The largest absolute Gasteiger partial charge is 0.481 e.